The molecule has 0 aliphatic rings. The summed E-state index contributed by atoms with van der Waals surface area (Å²) in [6, 6.07) is 23.3. The Hall–Kier alpha value is -4.29. The highest BCUT2D eigenvalue weighted by Crippen LogP contribution is 2.28. The lowest BCUT2D eigenvalue weighted by atomic mass is 10.2. The molecule has 0 bridgehead atoms. The molecule has 8 nitrogen and oxygen atoms in total. The number of rotatable bonds is 7. The molecule has 9 heteroatoms. The number of nitriles is 1. The predicted molar refractivity (Wildman–Crippen MR) is 130 cm³/mol. The van der Waals surface area contributed by atoms with Gasteiger partial charge in [-0.1, -0.05) is 54.2 Å². The first-order valence-corrected chi connectivity index (χ1v) is 11.5. The summed E-state index contributed by atoms with van der Waals surface area (Å²) < 4.78 is 9.29. The number of furan rings is 1. The summed E-state index contributed by atoms with van der Waals surface area (Å²) in [5.41, 5.74) is 2.86. The van der Waals surface area contributed by atoms with Gasteiger partial charge in [0.1, 0.15) is 17.4 Å². The Morgan fingerprint density at radius 3 is 2.59 bits per heavy atom. The van der Waals surface area contributed by atoms with Crippen LogP contribution in [0.1, 0.15) is 11.4 Å². The van der Waals surface area contributed by atoms with Crippen molar-refractivity contribution in [3.63, 3.8) is 0 Å². The average molecular weight is 469 g/mol. The second kappa shape index (κ2) is 9.29. The van der Waals surface area contributed by atoms with E-state index in [1.807, 2.05) is 76.8 Å². The van der Waals surface area contributed by atoms with Crippen LogP contribution < -0.4 is 0 Å². The molecule has 168 valence electrons. The fourth-order valence-electron chi connectivity index (χ4n) is 3.71. The van der Waals surface area contributed by atoms with Crippen molar-refractivity contribution in [2.45, 2.75) is 11.7 Å². The maximum absolute atomic E-state index is 10.9. The van der Waals surface area contributed by atoms with E-state index in [1.54, 1.807) is 12.3 Å². The van der Waals surface area contributed by atoms with Crippen molar-refractivity contribution in [3.8, 4) is 17.7 Å². The largest absolute Gasteiger partial charge is 0.510 e. The van der Waals surface area contributed by atoms with E-state index in [2.05, 4.69) is 21.3 Å². The van der Waals surface area contributed by atoms with Crippen LogP contribution in [0.25, 0.3) is 28.2 Å². The molecule has 0 amide bonds. The van der Waals surface area contributed by atoms with Crippen molar-refractivity contribution in [1.82, 2.24) is 24.3 Å². The molecule has 34 heavy (non-hydrogen) atoms. The van der Waals surface area contributed by atoms with E-state index in [4.69, 9.17) is 4.42 Å². The number of aromatic nitrogens is 5. The van der Waals surface area contributed by atoms with Gasteiger partial charge in [0, 0.05) is 7.05 Å². The zero-order chi connectivity index (χ0) is 23.5. The number of allylic oxidation sites excluding steroid dienone is 1. The molecule has 5 aromatic rings. The van der Waals surface area contributed by atoms with Crippen molar-refractivity contribution < 1.29 is 9.52 Å². The standard InChI is InChI=1S/C25H20N6O2S/c1-30-20-11-6-5-10-19(20)27-23(30)18(14-26)21(32)16-34-25-29-28-24(22-12-7-13-33-22)31(25)15-17-8-3-2-4-9-17/h2-13,32H,15-16H2,1H3/b21-18-. The third-order valence-corrected chi connectivity index (χ3v) is 6.37. The predicted octanol–water partition coefficient (Wildman–Crippen LogP) is 5.06. The summed E-state index contributed by atoms with van der Waals surface area (Å²) >= 11 is 1.30. The Morgan fingerprint density at radius 2 is 1.85 bits per heavy atom. The van der Waals surface area contributed by atoms with Crippen LogP contribution >= 0.6 is 11.8 Å². The molecule has 3 heterocycles. The quantitative estimate of drug-likeness (QED) is 0.202. The third-order valence-electron chi connectivity index (χ3n) is 5.39. The molecular formula is C25H20N6O2S. The molecule has 0 aliphatic heterocycles. The van der Waals surface area contributed by atoms with E-state index < -0.39 is 0 Å². The molecule has 5 rings (SSSR count). The molecule has 0 spiro atoms. The smallest absolute Gasteiger partial charge is 0.200 e. The SMILES string of the molecule is Cn1c(/C(C#N)=C(\O)CSc2nnc(-c3ccco3)n2Cc2ccccc2)nc2ccccc21. The molecule has 0 saturated heterocycles. The van der Waals surface area contributed by atoms with Crippen LogP contribution in [0.4, 0.5) is 0 Å². The van der Waals surface area contributed by atoms with Gasteiger partial charge in [-0.2, -0.15) is 5.26 Å². The first-order chi connectivity index (χ1) is 16.7. The van der Waals surface area contributed by atoms with Crippen LogP contribution in [0.5, 0.6) is 0 Å². The van der Waals surface area contributed by atoms with Gasteiger partial charge in [0.15, 0.2) is 16.7 Å². The lowest BCUT2D eigenvalue weighted by Crippen LogP contribution is -2.05. The monoisotopic (exact) mass is 468 g/mol. The van der Waals surface area contributed by atoms with Crippen LogP contribution in [0.2, 0.25) is 0 Å². The summed E-state index contributed by atoms with van der Waals surface area (Å²) in [5.74, 6) is 1.68. The van der Waals surface area contributed by atoms with E-state index in [1.165, 1.54) is 11.8 Å². The first kappa shape index (κ1) is 21.6. The van der Waals surface area contributed by atoms with Gasteiger partial charge in [-0.15, -0.1) is 10.2 Å². The minimum absolute atomic E-state index is 0.0697. The number of aliphatic hydroxyl groups excluding tert-OH is 1. The Balaban J connectivity index is 1.46. The number of fused-ring (bicyclic) bond motifs is 1. The highest BCUT2D eigenvalue weighted by molar-refractivity contribution is 7.99. The second-order valence-corrected chi connectivity index (χ2v) is 8.50. The van der Waals surface area contributed by atoms with Crippen molar-refractivity contribution in [1.29, 1.82) is 5.26 Å². The molecule has 0 atom stereocenters. The fraction of sp³-hybridized carbons (Fsp3) is 0.120. The maximum atomic E-state index is 10.9. The molecule has 0 fully saturated rings. The Bertz CT molecular complexity index is 1510. The number of aryl methyl sites for hydroxylation is 1. The molecule has 0 unspecified atom stereocenters. The normalized spacial score (nSPS) is 12.0. The van der Waals surface area contributed by atoms with E-state index in [0.717, 1.165) is 16.6 Å². The number of benzene rings is 2. The summed E-state index contributed by atoms with van der Waals surface area (Å²) in [4.78, 5) is 4.54. The van der Waals surface area contributed by atoms with Gasteiger partial charge >= 0.3 is 0 Å². The van der Waals surface area contributed by atoms with Gasteiger partial charge in [0.25, 0.3) is 0 Å². The fourth-order valence-corrected chi connectivity index (χ4v) is 4.53. The van der Waals surface area contributed by atoms with Crippen LogP contribution in [0.15, 0.2) is 88.3 Å². The molecule has 0 aliphatic carbocycles. The summed E-state index contributed by atoms with van der Waals surface area (Å²) in [7, 11) is 1.83. The molecular weight excluding hydrogens is 448 g/mol. The van der Waals surface area contributed by atoms with Gasteiger partial charge in [-0.25, -0.2) is 4.98 Å². The number of imidazole rings is 1. The first-order valence-electron chi connectivity index (χ1n) is 10.5. The van der Waals surface area contributed by atoms with E-state index >= 15 is 0 Å². The van der Waals surface area contributed by atoms with Gasteiger partial charge in [-0.3, -0.25) is 4.57 Å². The highest BCUT2D eigenvalue weighted by atomic mass is 32.2. The summed E-state index contributed by atoms with van der Waals surface area (Å²) in [6.07, 6.45) is 1.59. The Kier molecular flexibility index (Phi) is 5.89. The van der Waals surface area contributed by atoms with Gasteiger partial charge < -0.3 is 14.1 Å². The van der Waals surface area contributed by atoms with Crippen LogP contribution in [-0.2, 0) is 13.6 Å². The third kappa shape index (κ3) is 4.07. The minimum Gasteiger partial charge on any atom is -0.510 e. The van der Waals surface area contributed by atoms with Crippen molar-refractivity contribution in [2.75, 3.05) is 5.75 Å². The number of aliphatic hydroxyl groups is 1. The Morgan fingerprint density at radius 1 is 1.06 bits per heavy atom. The van der Waals surface area contributed by atoms with Crippen molar-refractivity contribution in [2.24, 2.45) is 7.05 Å². The van der Waals surface area contributed by atoms with E-state index in [-0.39, 0.29) is 17.1 Å². The summed E-state index contributed by atoms with van der Waals surface area (Å²) in [5, 5.41) is 29.9. The lowest BCUT2D eigenvalue weighted by molar-refractivity contribution is 0.420. The van der Waals surface area contributed by atoms with Crippen LogP contribution in [-0.4, -0.2) is 35.2 Å². The number of hydrogen-bond acceptors (Lipinski definition) is 7. The molecule has 0 saturated carbocycles. The topological polar surface area (TPSA) is 106 Å². The van der Waals surface area contributed by atoms with E-state index in [9.17, 15) is 10.4 Å². The van der Waals surface area contributed by atoms with Crippen LogP contribution in [0.3, 0.4) is 0 Å². The zero-order valence-electron chi connectivity index (χ0n) is 18.3. The van der Waals surface area contributed by atoms with Gasteiger partial charge in [0.2, 0.25) is 5.82 Å². The minimum atomic E-state index is -0.0697. The molecule has 1 N–H and O–H groups in total. The molecule has 0 radical (unpaired) electrons. The molecule has 3 aromatic heterocycles. The maximum Gasteiger partial charge on any atom is 0.200 e. The Labute approximate surface area is 199 Å². The number of para-hydroxylation sites is 2. The number of thioether (sulfide) groups is 1. The zero-order valence-corrected chi connectivity index (χ0v) is 19.1. The lowest BCUT2D eigenvalue weighted by Gasteiger charge is -2.10. The van der Waals surface area contributed by atoms with E-state index in [0.29, 0.717) is 29.1 Å². The van der Waals surface area contributed by atoms with Crippen molar-refractivity contribution in [3.05, 3.63) is 90.1 Å². The van der Waals surface area contributed by atoms with Crippen molar-refractivity contribution >= 4 is 28.4 Å². The molecule has 2 aromatic carbocycles. The highest BCUT2D eigenvalue weighted by Gasteiger charge is 2.20. The van der Waals surface area contributed by atoms with Gasteiger partial charge in [-0.05, 0) is 29.8 Å². The number of nitrogens with zero attached hydrogens (tertiary/aromatic N) is 6. The number of hydrogen-bond donors (Lipinski definition) is 1. The summed E-state index contributed by atoms with van der Waals surface area (Å²) in [6.45, 7) is 0.534. The van der Waals surface area contributed by atoms with Gasteiger partial charge in [0.05, 0.1) is 29.6 Å². The second-order valence-electron chi connectivity index (χ2n) is 7.56. The average Bonchev–Trinajstić information content (AvgIpc) is 3.59. The van der Waals surface area contributed by atoms with Crippen LogP contribution in [0, 0.1) is 11.3 Å².